The van der Waals surface area contributed by atoms with Gasteiger partial charge in [-0.05, 0) is 29.7 Å². The molecular weight excluding hydrogens is 359 g/mol. The van der Waals surface area contributed by atoms with Crippen molar-refractivity contribution in [2.45, 2.75) is 18.9 Å². The molecule has 28 heavy (non-hydrogen) atoms. The molecule has 2 amide bonds. The van der Waals surface area contributed by atoms with E-state index in [-0.39, 0.29) is 6.42 Å². The van der Waals surface area contributed by atoms with Crippen LogP contribution >= 0.6 is 0 Å². The van der Waals surface area contributed by atoms with Crippen molar-refractivity contribution in [2.75, 3.05) is 7.11 Å². The van der Waals surface area contributed by atoms with Gasteiger partial charge in [-0.25, -0.2) is 0 Å². The molecule has 2 rings (SSSR count). The SMILES string of the molecule is COc1ccc(CNC(=O)C=CC(=O)NC(Cc2ccccc2)B(O)O)cc1. The number of hydrogen-bond acceptors (Lipinski definition) is 5. The topological polar surface area (TPSA) is 108 Å². The molecule has 4 N–H and O–H groups in total. The highest BCUT2D eigenvalue weighted by Crippen LogP contribution is 2.10. The van der Waals surface area contributed by atoms with Crippen LogP contribution in [-0.2, 0) is 22.6 Å². The summed E-state index contributed by atoms with van der Waals surface area (Å²) in [5.74, 6) is -1.19. The van der Waals surface area contributed by atoms with Crippen LogP contribution in [0.3, 0.4) is 0 Å². The molecule has 2 aromatic rings. The van der Waals surface area contributed by atoms with Crippen molar-refractivity contribution in [3.05, 3.63) is 77.9 Å². The Labute approximate surface area is 164 Å². The van der Waals surface area contributed by atoms with Crippen LogP contribution in [0.2, 0.25) is 0 Å². The molecule has 0 saturated heterocycles. The summed E-state index contributed by atoms with van der Waals surface area (Å²) in [4.78, 5) is 23.8. The standard InChI is InChI=1S/C20H23BN2O5/c1-28-17-9-7-16(8-10-17)14-22-19(24)11-12-20(25)23-18(21(26)27)13-15-5-3-2-4-6-15/h2-12,18,26-27H,13-14H2,1H3,(H,22,24)(H,23,25). The Morgan fingerprint density at radius 3 is 2.25 bits per heavy atom. The second-order valence-corrected chi connectivity index (χ2v) is 6.12. The summed E-state index contributed by atoms with van der Waals surface area (Å²) in [5.41, 5.74) is 1.74. The molecule has 8 heteroatoms. The van der Waals surface area contributed by atoms with E-state index in [0.29, 0.717) is 6.54 Å². The lowest BCUT2D eigenvalue weighted by molar-refractivity contribution is -0.119. The maximum Gasteiger partial charge on any atom is 0.475 e. The van der Waals surface area contributed by atoms with E-state index in [4.69, 9.17) is 4.74 Å². The van der Waals surface area contributed by atoms with Gasteiger partial charge in [0.2, 0.25) is 11.8 Å². The number of benzene rings is 2. The van der Waals surface area contributed by atoms with Gasteiger partial charge < -0.3 is 25.4 Å². The molecule has 0 aliphatic heterocycles. The monoisotopic (exact) mass is 382 g/mol. The molecular formula is C20H23BN2O5. The van der Waals surface area contributed by atoms with Gasteiger partial charge in [-0.3, -0.25) is 9.59 Å². The molecule has 2 aromatic carbocycles. The highest BCUT2D eigenvalue weighted by molar-refractivity contribution is 6.43. The molecule has 0 fully saturated rings. The fraction of sp³-hybridized carbons (Fsp3) is 0.200. The zero-order valence-corrected chi connectivity index (χ0v) is 15.5. The highest BCUT2D eigenvalue weighted by atomic mass is 16.5. The Balaban J connectivity index is 1.82. The summed E-state index contributed by atoms with van der Waals surface area (Å²) in [7, 11) is -0.145. The minimum atomic E-state index is -1.72. The van der Waals surface area contributed by atoms with Crippen molar-refractivity contribution < 1.29 is 24.4 Å². The van der Waals surface area contributed by atoms with E-state index >= 15 is 0 Å². The van der Waals surface area contributed by atoms with Gasteiger partial charge in [0.25, 0.3) is 0 Å². The maximum atomic E-state index is 12.0. The lowest BCUT2D eigenvalue weighted by Crippen LogP contribution is -2.47. The van der Waals surface area contributed by atoms with Crippen molar-refractivity contribution >= 4 is 18.9 Å². The van der Waals surface area contributed by atoms with Gasteiger partial charge in [0.05, 0.1) is 13.1 Å². The lowest BCUT2D eigenvalue weighted by atomic mass is 9.76. The van der Waals surface area contributed by atoms with Crippen molar-refractivity contribution in [3.8, 4) is 5.75 Å². The number of hydrogen-bond donors (Lipinski definition) is 4. The van der Waals surface area contributed by atoms with Crippen LogP contribution < -0.4 is 15.4 Å². The van der Waals surface area contributed by atoms with Crippen molar-refractivity contribution in [2.24, 2.45) is 0 Å². The number of amides is 2. The van der Waals surface area contributed by atoms with E-state index in [0.717, 1.165) is 29.0 Å². The first-order chi connectivity index (χ1) is 13.5. The summed E-state index contributed by atoms with van der Waals surface area (Å²) in [6, 6.07) is 16.4. The Hall–Kier alpha value is -3.10. The largest absolute Gasteiger partial charge is 0.497 e. The van der Waals surface area contributed by atoms with Crippen molar-refractivity contribution in [3.63, 3.8) is 0 Å². The molecule has 7 nitrogen and oxygen atoms in total. The predicted octanol–water partition coefficient (Wildman–Crippen LogP) is 0.607. The number of carbonyl (C=O) groups is 2. The third-order valence-corrected chi connectivity index (χ3v) is 4.00. The van der Waals surface area contributed by atoms with Crippen LogP contribution in [0.25, 0.3) is 0 Å². The fourth-order valence-corrected chi connectivity index (χ4v) is 2.47. The van der Waals surface area contributed by atoms with Gasteiger partial charge in [-0.1, -0.05) is 42.5 Å². The Bertz CT molecular complexity index is 794. The molecule has 0 heterocycles. The quantitative estimate of drug-likeness (QED) is 0.376. The van der Waals surface area contributed by atoms with E-state index in [1.54, 1.807) is 19.2 Å². The van der Waals surface area contributed by atoms with Crippen molar-refractivity contribution in [1.29, 1.82) is 0 Å². The Morgan fingerprint density at radius 2 is 1.64 bits per heavy atom. The van der Waals surface area contributed by atoms with Crippen LogP contribution in [0, 0.1) is 0 Å². The molecule has 1 unspecified atom stereocenters. The highest BCUT2D eigenvalue weighted by Gasteiger charge is 2.24. The first kappa shape index (κ1) is 21.2. The molecule has 0 aromatic heterocycles. The van der Waals surface area contributed by atoms with Gasteiger partial charge in [-0.15, -0.1) is 0 Å². The molecule has 0 bridgehead atoms. The maximum absolute atomic E-state index is 12.0. The molecule has 0 aliphatic rings. The van der Waals surface area contributed by atoms with Crippen molar-refractivity contribution in [1.82, 2.24) is 10.6 Å². The summed E-state index contributed by atoms with van der Waals surface area (Å²) in [5, 5.41) is 24.1. The normalized spacial score (nSPS) is 11.7. The minimum Gasteiger partial charge on any atom is -0.497 e. The van der Waals surface area contributed by atoms with E-state index in [1.807, 2.05) is 42.5 Å². The lowest BCUT2D eigenvalue weighted by Gasteiger charge is -2.16. The van der Waals surface area contributed by atoms with Gasteiger partial charge in [0.15, 0.2) is 0 Å². The third kappa shape index (κ3) is 7.26. The molecule has 0 spiro atoms. The van der Waals surface area contributed by atoms with Gasteiger partial charge >= 0.3 is 7.12 Å². The number of ether oxygens (including phenoxy) is 1. The zero-order valence-electron chi connectivity index (χ0n) is 15.5. The van der Waals surface area contributed by atoms with E-state index in [2.05, 4.69) is 10.6 Å². The van der Waals surface area contributed by atoms with Crippen LogP contribution in [0.15, 0.2) is 66.7 Å². The minimum absolute atomic E-state index is 0.252. The first-order valence-electron chi connectivity index (χ1n) is 8.77. The predicted molar refractivity (Wildman–Crippen MR) is 106 cm³/mol. The van der Waals surface area contributed by atoms with E-state index in [1.165, 1.54) is 0 Å². The molecule has 146 valence electrons. The van der Waals surface area contributed by atoms with Crippen LogP contribution in [0.5, 0.6) is 5.75 Å². The summed E-state index contributed by atoms with van der Waals surface area (Å²) in [6.07, 6.45) is 2.41. The number of rotatable bonds is 9. The molecule has 1 atom stereocenters. The van der Waals surface area contributed by atoms with Crippen LogP contribution in [0.4, 0.5) is 0 Å². The van der Waals surface area contributed by atoms with Gasteiger partial charge in [0.1, 0.15) is 5.75 Å². The number of methoxy groups -OCH3 is 1. The van der Waals surface area contributed by atoms with Crippen LogP contribution in [-0.4, -0.2) is 42.0 Å². The second kappa shape index (κ2) is 10.9. The van der Waals surface area contributed by atoms with E-state index < -0.39 is 24.9 Å². The second-order valence-electron chi connectivity index (χ2n) is 6.12. The number of carbonyl (C=O) groups excluding carboxylic acids is 2. The summed E-state index contributed by atoms with van der Waals surface area (Å²) < 4.78 is 5.07. The summed E-state index contributed by atoms with van der Waals surface area (Å²) >= 11 is 0. The average Bonchev–Trinajstić information content (AvgIpc) is 2.71. The summed E-state index contributed by atoms with van der Waals surface area (Å²) in [6.45, 7) is 0.306. The molecule has 0 aliphatic carbocycles. The Kier molecular flexibility index (Phi) is 8.26. The van der Waals surface area contributed by atoms with Gasteiger partial charge in [-0.2, -0.15) is 0 Å². The number of nitrogens with one attached hydrogen (secondary N) is 2. The van der Waals surface area contributed by atoms with Gasteiger partial charge in [0, 0.05) is 18.7 Å². The fourth-order valence-electron chi connectivity index (χ4n) is 2.47. The molecule has 0 radical (unpaired) electrons. The Morgan fingerprint density at radius 1 is 1.00 bits per heavy atom. The van der Waals surface area contributed by atoms with Crippen LogP contribution in [0.1, 0.15) is 11.1 Å². The molecule has 0 saturated carbocycles. The average molecular weight is 382 g/mol. The first-order valence-corrected chi connectivity index (χ1v) is 8.77. The zero-order chi connectivity index (χ0) is 20.4. The van der Waals surface area contributed by atoms with E-state index in [9.17, 15) is 19.6 Å². The smallest absolute Gasteiger partial charge is 0.475 e. The third-order valence-electron chi connectivity index (χ3n) is 4.00.